The van der Waals surface area contributed by atoms with Crippen LogP contribution in [-0.4, -0.2) is 67.5 Å². The normalized spacial score (nSPS) is 18.3. The van der Waals surface area contributed by atoms with Crippen LogP contribution in [0.4, 0.5) is 13.2 Å². The van der Waals surface area contributed by atoms with Crippen molar-refractivity contribution in [1.82, 2.24) is 15.1 Å². The van der Waals surface area contributed by atoms with Crippen LogP contribution in [0.25, 0.3) is 6.08 Å². The number of nitrogens with zero attached hydrogens (tertiary/aromatic N) is 2. The average molecular weight is 544 g/mol. The van der Waals surface area contributed by atoms with E-state index >= 15 is 0 Å². The van der Waals surface area contributed by atoms with Crippen LogP contribution >= 0.6 is 0 Å². The van der Waals surface area contributed by atoms with Gasteiger partial charge in [0.15, 0.2) is 17.5 Å². The van der Waals surface area contributed by atoms with Gasteiger partial charge in [0.1, 0.15) is 5.75 Å². The fraction of sp³-hybridized carbons (Fsp3) is 0.467. The van der Waals surface area contributed by atoms with Crippen molar-refractivity contribution >= 4 is 17.9 Å². The van der Waals surface area contributed by atoms with Gasteiger partial charge < -0.3 is 19.9 Å². The number of ether oxygens (including phenoxy) is 1. The third-order valence-electron chi connectivity index (χ3n) is 7.86. The molecule has 2 fully saturated rings. The topological polar surface area (TPSA) is 61.9 Å². The van der Waals surface area contributed by atoms with Gasteiger partial charge in [-0.3, -0.25) is 9.59 Å². The first-order valence-corrected chi connectivity index (χ1v) is 13.5. The summed E-state index contributed by atoms with van der Waals surface area (Å²) in [4.78, 5) is 28.8. The maximum absolute atomic E-state index is 13.4. The summed E-state index contributed by atoms with van der Waals surface area (Å²) in [5, 5.41) is 3.14. The number of hydrogen-bond donors (Lipinski definition) is 1. The number of benzene rings is 2. The van der Waals surface area contributed by atoms with Crippen LogP contribution in [0, 0.1) is 23.4 Å². The third kappa shape index (κ3) is 7.62. The van der Waals surface area contributed by atoms with Gasteiger partial charge >= 0.3 is 0 Å². The molecule has 1 unspecified atom stereocenters. The van der Waals surface area contributed by atoms with E-state index in [1.54, 1.807) is 12.0 Å². The van der Waals surface area contributed by atoms with Crippen molar-refractivity contribution in [2.75, 3.05) is 39.8 Å². The van der Waals surface area contributed by atoms with Crippen LogP contribution in [-0.2, 0) is 9.59 Å². The Bertz CT molecular complexity index is 1150. The van der Waals surface area contributed by atoms with Crippen molar-refractivity contribution in [2.24, 2.45) is 5.92 Å². The number of nitrogens with one attached hydrogen (secondary N) is 1. The molecule has 2 saturated heterocycles. The number of piperidine rings is 2. The predicted molar refractivity (Wildman–Crippen MR) is 144 cm³/mol. The van der Waals surface area contributed by atoms with Crippen LogP contribution in [0.3, 0.4) is 0 Å². The van der Waals surface area contributed by atoms with Gasteiger partial charge in [-0.15, -0.1) is 0 Å². The molecule has 4 rings (SSSR count). The van der Waals surface area contributed by atoms with E-state index in [0.29, 0.717) is 19.0 Å². The molecule has 2 aliphatic heterocycles. The van der Waals surface area contributed by atoms with Gasteiger partial charge in [-0.1, -0.05) is 12.1 Å². The summed E-state index contributed by atoms with van der Waals surface area (Å²) in [5.41, 5.74) is 1.41. The summed E-state index contributed by atoms with van der Waals surface area (Å²) < 4.78 is 45.3. The molecule has 0 saturated carbocycles. The molecule has 39 heavy (non-hydrogen) atoms. The molecule has 1 N–H and O–H groups in total. The monoisotopic (exact) mass is 543 g/mol. The van der Waals surface area contributed by atoms with E-state index in [-0.39, 0.29) is 29.3 Å². The molecule has 0 spiro atoms. The number of rotatable bonds is 8. The highest BCUT2D eigenvalue weighted by Crippen LogP contribution is 2.30. The van der Waals surface area contributed by atoms with E-state index in [2.05, 4.69) is 22.3 Å². The Labute approximate surface area is 227 Å². The molecule has 0 radical (unpaired) electrons. The molecule has 2 heterocycles. The van der Waals surface area contributed by atoms with Crippen molar-refractivity contribution in [1.29, 1.82) is 0 Å². The van der Waals surface area contributed by atoms with E-state index in [1.807, 2.05) is 12.1 Å². The number of carbonyl (C=O) groups is 2. The van der Waals surface area contributed by atoms with Crippen molar-refractivity contribution in [3.63, 3.8) is 0 Å². The van der Waals surface area contributed by atoms with E-state index in [4.69, 9.17) is 4.74 Å². The molecule has 2 aromatic carbocycles. The lowest BCUT2D eigenvalue weighted by atomic mass is 9.86. The highest BCUT2D eigenvalue weighted by atomic mass is 19.2. The zero-order chi connectivity index (χ0) is 27.9. The van der Waals surface area contributed by atoms with Gasteiger partial charge in [0.25, 0.3) is 0 Å². The van der Waals surface area contributed by atoms with Crippen LogP contribution in [0.5, 0.6) is 5.75 Å². The fourth-order valence-electron chi connectivity index (χ4n) is 5.64. The van der Waals surface area contributed by atoms with Crippen LogP contribution < -0.4 is 10.1 Å². The number of hydrogen-bond acceptors (Lipinski definition) is 4. The molecule has 2 aliphatic rings. The molecule has 210 valence electrons. The molecule has 0 aromatic heterocycles. The average Bonchev–Trinajstić information content (AvgIpc) is 2.94. The predicted octanol–water partition coefficient (Wildman–Crippen LogP) is 4.75. The third-order valence-corrected chi connectivity index (χ3v) is 7.86. The lowest BCUT2D eigenvalue weighted by Gasteiger charge is -2.40. The largest absolute Gasteiger partial charge is 0.497 e. The quantitative estimate of drug-likeness (QED) is 0.386. The smallest absolute Gasteiger partial charge is 0.246 e. The van der Waals surface area contributed by atoms with Gasteiger partial charge in [-0.2, -0.15) is 0 Å². The second kappa shape index (κ2) is 13.2. The van der Waals surface area contributed by atoms with Crippen molar-refractivity contribution < 1.29 is 27.5 Å². The van der Waals surface area contributed by atoms with Crippen LogP contribution in [0.15, 0.2) is 42.5 Å². The minimum absolute atomic E-state index is 0.00186. The van der Waals surface area contributed by atoms with Gasteiger partial charge in [-0.05, 0) is 92.1 Å². The zero-order valence-electron chi connectivity index (χ0n) is 22.5. The summed E-state index contributed by atoms with van der Waals surface area (Å²) in [5.74, 6) is -2.84. The number of likely N-dealkylation sites (tertiary alicyclic amines) is 2. The van der Waals surface area contributed by atoms with Gasteiger partial charge in [0, 0.05) is 38.7 Å². The summed E-state index contributed by atoms with van der Waals surface area (Å²) in [7, 11) is 1.67. The second-order valence-corrected chi connectivity index (χ2v) is 10.4. The van der Waals surface area contributed by atoms with E-state index < -0.39 is 17.5 Å². The standard InChI is InChI=1S/C30H36F3N3O3/c1-20(37)34-28(19-35-13-9-23(10-14-35)22-4-6-25(39-2)7-5-22)24-11-15-36(16-12-24)29(38)8-3-21-17-26(31)30(33)27(32)18-21/h3-8,17-18,23-24,28H,9-16,19H2,1-2H3,(H,34,37)/b8-3+. The number of methoxy groups -OCH3 is 1. The Morgan fingerprint density at radius 2 is 1.62 bits per heavy atom. The highest BCUT2D eigenvalue weighted by molar-refractivity contribution is 5.91. The Morgan fingerprint density at radius 1 is 1.00 bits per heavy atom. The first-order valence-electron chi connectivity index (χ1n) is 13.5. The molecular formula is C30H36F3N3O3. The zero-order valence-corrected chi connectivity index (χ0v) is 22.5. The van der Waals surface area contributed by atoms with Gasteiger partial charge in [-0.25, -0.2) is 13.2 Å². The fourth-order valence-corrected chi connectivity index (χ4v) is 5.64. The minimum atomic E-state index is -1.53. The molecule has 0 bridgehead atoms. The van der Waals surface area contributed by atoms with E-state index in [1.165, 1.54) is 24.6 Å². The SMILES string of the molecule is COc1ccc(C2CCN(CC(NC(C)=O)C3CCN(C(=O)/C=C/c4cc(F)c(F)c(F)c4)CC3)CC2)cc1. The number of amides is 2. The van der Waals surface area contributed by atoms with Gasteiger partial charge in [0.05, 0.1) is 7.11 Å². The molecule has 9 heteroatoms. The summed E-state index contributed by atoms with van der Waals surface area (Å²) in [6.07, 6.45) is 6.14. The Morgan fingerprint density at radius 3 is 2.18 bits per heavy atom. The number of carbonyl (C=O) groups excluding carboxylic acids is 2. The molecule has 2 amide bonds. The Kier molecular flexibility index (Phi) is 9.67. The molecule has 2 aromatic rings. The van der Waals surface area contributed by atoms with Crippen LogP contribution in [0.2, 0.25) is 0 Å². The second-order valence-electron chi connectivity index (χ2n) is 10.4. The molecular weight excluding hydrogens is 507 g/mol. The highest BCUT2D eigenvalue weighted by Gasteiger charge is 2.31. The summed E-state index contributed by atoms with van der Waals surface area (Å²) >= 11 is 0. The number of halogens is 3. The van der Waals surface area contributed by atoms with Crippen molar-refractivity contribution in [3.8, 4) is 5.75 Å². The first-order chi connectivity index (χ1) is 18.7. The Hall–Kier alpha value is -3.33. The molecule has 6 nitrogen and oxygen atoms in total. The van der Waals surface area contributed by atoms with Crippen molar-refractivity contribution in [3.05, 3.63) is 71.1 Å². The maximum Gasteiger partial charge on any atom is 0.246 e. The van der Waals surface area contributed by atoms with E-state index in [0.717, 1.165) is 63.2 Å². The van der Waals surface area contributed by atoms with Crippen LogP contribution in [0.1, 0.15) is 49.7 Å². The summed E-state index contributed by atoms with van der Waals surface area (Å²) in [6.45, 7) is 5.27. The van der Waals surface area contributed by atoms with Gasteiger partial charge in [0.2, 0.25) is 11.8 Å². The molecule has 0 aliphatic carbocycles. The van der Waals surface area contributed by atoms with Crippen molar-refractivity contribution in [2.45, 2.75) is 44.6 Å². The lowest BCUT2D eigenvalue weighted by Crippen LogP contribution is -2.52. The Balaban J connectivity index is 1.28. The molecule has 1 atom stereocenters. The first kappa shape index (κ1) is 28.7. The summed E-state index contributed by atoms with van der Waals surface area (Å²) in [6, 6.07) is 9.99. The maximum atomic E-state index is 13.4. The lowest BCUT2D eigenvalue weighted by molar-refractivity contribution is -0.128. The minimum Gasteiger partial charge on any atom is -0.497 e. The van der Waals surface area contributed by atoms with E-state index in [9.17, 15) is 22.8 Å².